The monoisotopic (exact) mass is 314 g/mol. The van der Waals surface area contributed by atoms with Gasteiger partial charge in [-0.3, -0.25) is 9.59 Å². The molecule has 0 aliphatic carbocycles. The van der Waals surface area contributed by atoms with Crippen molar-refractivity contribution in [2.45, 2.75) is 6.92 Å². The number of amides is 2. The molecule has 6 heteroatoms. The Morgan fingerprint density at radius 3 is 2.22 bits per heavy atom. The molecule has 2 aromatic carbocycles. The lowest BCUT2D eigenvalue weighted by atomic mass is 10.2. The van der Waals surface area contributed by atoms with Crippen molar-refractivity contribution in [1.29, 1.82) is 0 Å². The third-order valence-corrected chi connectivity index (χ3v) is 3.12. The summed E-state index contributed by atoms with van der Waals surface area (Å²) in [6.45, 7) is 1.40. The van der Waals surface area contributed by atoms with Crippen molar-refractivity contribution in [1.82, 2.24) is 0 Å². The van der Waals surface area contributed by atoms with Crippen LogP contribution in [0.15, 0.2) is 42.5 Å². The van der Waals surface area contributed by atoms with Crippen LogP contribution in [0.5, 0.6) is 11.5 Å². The van der Waals surface area contributed by atoms with Gasteiger partial charge in [0.25, 0.3) is 5.91 Å². The zero-order chi connectivity index (χ0) is 16.8. The van der Waals surface area contributed by atoms with Gasteiger partial charge in [0.2, 0.25) is 5.91 Å². The van der Waals surface area contributed by atoms with Gasteiger partial charge in [-0.15, -0.1) is 0 Å². The molecule has 0 unspecified atom stereocenters. The zero-order valence-corrected chi connectivity index (χ0v) is 13.2. The van der Waals surface area contributed by atoms with Crippen LogP contribution in [0.25, 0.3) is 0 Å². The molecule has 2 rings (SSSR count). The average molecular weight is 314 g/mol. The van der Waals surface area contributed by atoms with E-state index in [2.05, 4.69) is 10.6 Å². The molecule has 23 heavy (non-hydrogen) atoms. The highest BCUT2D eigenvalue weighted by atomic mass is 16.5. The highest BCUT2D eigenvalue weighted by Crippen LogP contribution is 2.28. The van der Waals surface area contributed by atoms with E-state index in [1.165, 1.54) is 21.1 Å². The number of nitrogens with one attached hydrogen (secondary N) is 2. The van der Waals surface area contributed by atoms with E-state index in [-0.39, 0.29) is 11.8 Å². The summed E-state index contributed by atoms with van der Waals surface area (Å²) >= 11 is 0. The summed E-state index contributed by atoms with van der Waals surface area (Å²) in [5, 5.41) is 5.44. The lowest BCUT2D eigenvalue weighted by Crippen LogP contribution is -2.15. The molecule has 0 heterocycles. The van der Waals surface area contributed by atoms with Gasteiger partial charge in [0.05, 0.1) is 25.6 Å². The molecule has 2 amide bonds. The highest BCUT2D eigenvalue weighted by molar-refractivity contribution is 6.07. The van der Waals surface area contributed by atoms with Crippen LogP contribution in [0.4, 0.5) is 11.4 Å². The van der Waals surface area contributed by atoms with Gasteiger partial charge in [-0.05, 0) is 30.3 Å². The molecule has 0 fully saturated rings. The minimum atomic E-state index is -0.316. The fraction of sp³-hybridized carbons (Fsp3) is 0.176. The number of carbonyl (C=O) groups excluding carboxylic acids is 2. The molecular weight excluding hydrogens is 296 g/mol. The molecule has 0 radical (unpaired) electrons. The highest BCUT2D eigenvalue weighted by Gasteiger charge is 2.12. The van der Waals surface area contributed by atoms with Crippen molar-refractivity contribution < 1.29 is 19.1 Å². The third-order valence-electron chi connectivity index (χ3n) is 3.12. The van der Waals surface area contributed by atoms with Gasteiger partial charge < -0.3 is 20.1 Å². The van der Waals surface area contributed by atoms with E-state index in [0.29, 0.717) is 28.4 Å². The zero-order valence-electron chi connectivity index (χ0n) is 13.2. The van der Waals surface area contributed by atoms with Crippen LogP contribution in [0.2, 0.25) is 0 Å². The Balaban J connectivity index is 2.29. The van der Waals surface area contributed by atoms with Crippen molar-refractivity contribution in [3.05, 3.63) is 48.0 Å². The van der Waals surface area contributed by atoms with E-state index in [4.69, 9.17) is 9.47 Å². The summed E-state index contributed by atoms with van der Waals surface area (Å²) in [6.07, 6.45) is 0. The van der Waals surface area contributed by atoms with Crippen LogP contribution < -0.4 is 20.1 Å². The largest absolute Gasteiger partial charge is 0.497 e. The summed E-state index contributed by atoms with van der Waals surface area (Å²) in [6, 6.07) is 11.8. The third kappa shape index (κ3) is 4.23. The molecule has 120 valence electrons. The molecule has 0 saturated carbocycles. The SMILES string of the molecule is COc1cccc(C(=O)Nc2cc(OC)ccc2NC(C)=O)c1. The quantitative estimate of drug-likeness (QED) is 0.889. The van der Waals surface area contributed by atoms with E-state index in [9.17, 15) is 9.59 Å². The molecule has 0 bridgehead atoms. The smallest absolute Gasteiger partial charge is 0.255 e. The van der Waals surface area contributed by atoms with Crippen LogP contribution in [-0.4, -0.2) is 26.0 Å². The van der Waals surface area contributed by atoms with Crippen molar-refractivity contribution in [2.75, 3.05) is 24.9 Å². The van der Waals surface area contributed by atoms with Crippen LogP contribution in [0.1, 0.15) is 17.3 Å². The first kappa shape index (κ1) is 16.4. The molecule has 0 aliphatic rings. The number of anilines is 2. The first-order valence-electron chi connectivity index (χ1n) is 6.94. The van der Waals surface area contributed by atoms with Crippen LogP contribution >= 0.6 is 0 Å². The summed E-state index contributed by atoms with van der Waals surface area (Å²) in [5.74, 6) is 0.612. The first-order chi connectivity index (χ1) is 11.0. The maximum absolute atomic E-state index is 12.4. The Morgan fingerprint density at radius 1 is 0.870 bits per heavy atom. The van der Waals surface area contributed by atoms with E-state index in [0.717, 1.165) is 0 Å². The molecular formula is C17H18N2O4. The molecule has 0 aromatic heterocycles. The van der Waals surface area contributed by atoms with E-state index < -0.39 is 0 Å². The second-order valence-corrected chi connectivity index (χ2v) is 4.78. The van der Waals surface area contributed by atoms with E-state index >= 15 is 0 Å². The standard InChI is InChI=1S/C17H18N2O4/c1-11(20)18-15-8-7-14(23-3)10-16(15)19-17(21)12-5-4-6-13(9-12)22-2/h4-10H,1-3H3,(H,18,20)(H,19,21). The maximum Gasteiger partial charge on any atom is 0.255 e. The Hall–Kier alpha value is -3.02. The topological polar surface area (TPSA) is 76.7 Å². The van der Waals surface area contributed by atoms with Gasteiger partial charge >= 0.3 is 0 Å². The van der Waals surface area contributed by atoms with Gasteiger partial charge in [-0.2, -0.15) is 0 Å². The van der Waals surface area contributed by atoms with Crippen molar-refractivity contribution >= 4 is 23.2 Å². The number of rotatable bonds is 5. The second kappa shape index (κ2) is 7.31. The van der Waals surface area contributed by atoms with Crippen LogP contribution in [0, 0.1) is 0 Å². The van der Waals surface area contributed by atoms with Gasteiger partial charge in [0.15, 0.2) is 0 Å². The van der Waals surface area contributed by atoms with Crippen LogP contribution in [-0.2, 0) is 4.79 Å². The van der Waals surface area contributed by atoms with Gasteiger partial charge in [0.1, 0.15) is 11.5 Å². The van der Waals surface area contributed by atoms with Crippen molar-refractivity contribution in [3.8, 4) is 11.5 Å². The minimum absolute atomic E-state index is 0.230. The number of hydrogen-bond donors (Lipinski definition) is 2. The van der Waals surface area contributed by atoms with Crippen LogP contribution in [0.3, 0.4) is 0 Å². The summed E-state index contributed by atoms with van der Waals surface area (Å²) < 4.78 is 10.3. The molecule has 0 spiro atoms. The summed E-state index contributed by atoms with van der Waals surface area (Å²) in [5.41, 5.74) is 1.39. The van der Waals surface area contributed by atoms with Gasteiger partial charge in [-0.1, -0.05) is 6.07 Å². The normalized spacial score (nSPS) is 9.87. The van der Waals surface area contributed by atoms with E-state index in [1.54, 1.807) is 42.5 Å². The number of methoxy groups -OCH3 is 2. The number of carbonyl (C=O) groups is 2. The Morgan fingerprint density at radius 2 is 1.57 bits per heavy atom. The molecule has 2 N–H and O–H groups in total. The lowest BCUT2D eigenvalue weighted by Gasteiger charge is -2.13. The lowest BCUT2D eigenvalue weighted by molar-refractivity contribution is -0.114. The fourth-order valence-corrected chi connectivity index (χ4v) is 2.01. The van der Waals surface area contributed by atoms with Gasteiger partial charge in [0, 0.05) is 18.6 Å². The second-order valence-electron chi connectivity index (χ2n) is 4.78. The number of ether oxygens (including phenoxy) is 2. The van der Waals surface area contributed by atoms with Gasteiger partial charge in [-0.25, -0.2) is 0 Å². The number of benzene rings is 2. The number of hydrogen-bond acceptors (Lipinski definition) is 4. The molecule has 0 aliphatic heterocycles. The predicted molar refractivity (Wildman–Crippen MR) is 88.2 cm³/mol. The average Bonchev–Trinajstić information content (AvgIpc) is 2.56. The van der Waals surface area contributed by atoms with E-state index in [1.807, 2.05) is 0 Å². The Kier molecular flexibility index (Phi) is 5.19. The van der Waals surface area contributed by atoms with Crippen molar-refractivity contribution in [3.63, 3.8) is 0 Å². The summed E-state index contributed by atoms with van der Waals surface area (Å²) in [4.78, 5) is 23.7. The molecule has 0 atom stereocenters. The molecule has 6 nitrogen and oxygen atoms in total. The maximum atomic E-state index is 12.4. The summed E-state index contributed by atoms with van der Waals surface area (Å²) in [7, 11) is 3.06. The molecule has 0 saturated heterocycles. The molecule has 2 aromatic rings. The van der Waals surface area contributed by atoms with Crippen molar-refractivity contribution in [2.24, 2.45) is 0 Å². The predicted octanol–water partition coefficient (Wildman–Crippen LogP) is 2.91. The Labute approximate surface area is 134 Å². The minimum Gasteiger partial charge on any atom is -0.497 e. The Bertz CT molecular complexity index is 728. The first-order valence-corrected chi connectivity index (χ1v) is 6.94. The fourth-order valence-electron chi connectivity index (χ4n) is 2.01.